The van der Waals surface area contributed by atoms with E-state index in [1.165, 1.54) is 0 Å². The highest BCUT2D eigenvalue weighted by molar-refractivity contribution is 5.94. The van der Waals surface area contributed by atoms with Gasteiger partial charge in [-0.15, -0.1) is 0 Å². The van der Waals surface area contributed by atoms with Crippen molar-refractivity contribution in [1.29, 1.82) is 5.26 Å². The summed E-state index contributed by atoms with van der Waals surface area (Å²) < 4.78 is 5.15. The highest BCUT2D eigenvalue weighted by atomic mass is 16.5. The second-order valence-corrected chi connectivity index (χ2v) is 5.68. The second-order valence-electron chi connectivity index (χ2n) is 5.68. The lowest BCUT2D eigenvalue weighted by molar-refractivity contribution is 0.0520. The highest BCUT2D eigenvalue weighted by Crippen LogP contribution is 2.19. The number of carbonyl (C=O) groups excluding carboxylic acids is 1. The molecule has 1 fully saturated rings. The zero-order valence-corrected chi connectivity index (χ0v) is 12.8. The zero-order chi connectivity index (χ0) is 15.5. The molecule has 0 N–H and O–H groups in total. The van der Waals surface area contributed by atoms with Crippen molar-refractivity contribution in [3.8, 4) is 11.8 Å². The molecule has 5 nitrogen and oxygen atoms in total. The van der Waals surface area contributed by atoms with Gasteiger partial charge in [0.05, 0.1) is 13.2 Å². The van der Waals surface area contributed by atoms with Gasteiger partial charge in [0.1, 0.15) is 11.3 Å². The first kappa shape index (κ1) is 15.3. The van der Waals surface area contributed by atoms with Crippen LogP contribution < -0.4 is 4.74 Å². The fourth-order valence-electron chi connectivity index (χ4n) is 2.48. The minimum absolute atomic E-state index is 0.0170. The van der Waals surface area contributed by atoms with Crippen LogP contribution in [0, 0.1) is 11.3 Å². The van der Waals surface area contributed by atoms with Gasteiger partial charge < -0.3 is 9.64 Å². The Labute approximate surface area is 125 Å². The number of piperazine rings is 1. The molecule has 0 saturated carbocycles. The number of ether oxygens (including phenoxy) is 1. The highest BCUT2D eigenvalue weighted by Gasteiger charge is 2.31. The summed E-state index contributed by atoms with van der Waals surface area (Å²) in [4.78, 5) is 16.4. The fourth-order valence-corrected chi connectivity index (χ4v) is 2.48. The van der Waals surface area contributed by atoms with Crippen molar-refractivity contribution in [2.45, 2.75) is 19.4 Å². The second kappa shape index (κ2) is 6.15. The summed E-state index contributed by atoms with van der Waals surface area (Å²) in [6.45, 7) is 6.54. The molecule has 21 heavy (non-hydrogen) atoms. The van der Waals surface area contributed by atoms with Gasteiger partial charge in [-0.2, -0.15) is 5.26 Å². The SMILES string of the molecule is COc1cccc(C(=O)N2CCN(C(C)(C)C#N)CC2)c1. The van der Waals surface area contributed by atoms with Gasteiger partial charge in [-0.1, -0.05) is 6.07 Å². The summed E-state index contributed by atoms with van der Waals surface area (Å²) in [5.41, 5.74) is 0.160. The van der Waals surface area contributed by atoms with Crippen molar-refractivity contribution in [3.63, 3.8) is 0 Å². The minimum atomic E-state index is -0.481. The van der Waals surface area contributed by atoms with E-state index in [0.717, 1.165) is 13.1 Å². The molecule has 0 bridgehead atoms. The molecule has 1 aromatic rings. The first-order chi connectivity index (χ1) is 9.97. The van der Waals surface area contributed by atoms with Gasteiger partial charge >= 0.3 is 0 Å². The molecule has 0 spiro atoms. The van der Waals surface area contributed by atoms with Crippen molar-refractivity contribution in [1.82, 2.24) is 9.80 Å². The average molecular weight is 287 g/mol. The molecule has 1 saturated heterocycles. The summed E-state index contributed by atoms with van der Waals surface area (Å²) >= 11 is 0. The maximum absolute atomic E-state index is 12.5. The molecule has 1 heterocycles. The Morgan fingerprint density at radius 3 is 2.52 bits per heavy atom. The molecule has 0 aliphatic carbocycles. The Kier molecular flexibility index (Phi) is 4.49. The smallest absolute Gasteiger partial charge is 0.254 e. The fraction of sp³-hybridized carbons (Fsp3) is 0.500. The standard InChI is InChI=1S/C16H21N3O2/c1-16(2,12-17)19-9-7-18(8-10-19)15(20)13-5-4-6-14(11-13)21-3/h4-6,11H,7-10H2,1-3H3. The summed E-state index contributed by atoms with van der Waals surface area (Å²) in [5.74, 6) is 0.702. The molecule has 1 aliphatic heterocycles. The van der Waals surface area contributed by atoms with Crippen LogP contribution in [0.25, 0.3) is 0 Å². The number of amides is 1. The van der Waals surface area contributed by atoms with Gasteiger partial charge in [-0.25, -0.2) is 0 Å². The maximum atomic E-state index is 12.5. The lowest BCUT2D eigenvalue weighted by atomic mass is 10.0. The van der Waals surface area contributed by atoms with Gasteiger partial charge in [0.15, 0.2) is 0 Å². The number of benzene rings is 1. The van der Waals surface area contributed by atoms with Crippen LogP contribution in [0.5, 0.6) is 5.75 Å². The number of hydrogen-bond donors (Lipinski definition) is 0. The summed E-state index contributed by atoms with van der Waals surface area (Å²) in [7, 11) is 1.59. The number of hydrogen-bond acceptors (Lipinski definition) is 4. The van der Waals surface area contributed by atoms with E-state index < -0.39 is 5.54 Å². The summed E-state index contributed by atoms with van der Waals surface area (Å²) in [6, 6.07) is 9.51. The van der Waals surface area contributed by atoms with Gasteiger partial charge in [0.25, 0.3) is 5.91 Å². The first-order valence-corrected chi connectivity index (χ1v) is 7.07. The van der Waals surface area contributed by atoms with E-state index in [0.29, 0.717) is 24.4 Å². The van der Waals surface area contributed by atoms with Gasteiger partial charge in [-0.05, 0) is 32.0 Å². The predicted octanol–water partition coefficient (Wildman–Crippen LogP) is 1.76. The minimum Gasteiger partial charge on any atom is -0.497 e. The van der Waals surface area contributed by atoms with Crippen molar-refractivity contribution in [2.75, 3.05) is 33.3 Å². The van der Waals surface area contributed by atoms with E-state index in [2.05, 4.69) is 11.0 Å². The lowest BCUT2D eigenvalue weighted by Crippen LogP contribution is -2.55. The molecule has 1 aliphatic rings. The van der Waals surface area contributed by atoms with Crippen LogP contribution in [0.1, 0.15) is 24.2 Å². The quantitative estimate of drug-likeness (QED) is 0.850. The number of rotatable bonds is 3. The zero-order valence-electron chi connectivity index (χ0n) is 12.8. The molecular weight excluding hydrogens is 266 g/mol. The number of methoxy groups -OCH3 is 1. The molecule has 0 aromatic heterocycles. The van der Waals surface area contributed by atoms with Gasteiger partial charge in [0.2, 0.25) is 0 Å². The number of nitrogens with zero attached hydrogens (tertiary/aromatic N) is 3. The summed E-state index contributed by atoms with van der Waals surface area (Å²) in [6.07, 6.45) is 0. The van der Waals surface area contributed by atoms with Crippen molar-refractivity contribution < 1.29 is 9.53 Å². The van der Waals surface area contributed by atoms with Gasteiger partial charge in [-0.3, -0.25) is 9.69 Å². The Morgan fingerprint density at radius 2 is 1.95 bits per heavy atom. The monoisotopic (exact) mass is 287 g/mol. The van der Waals surface area contributed by atoms with Crippen LogP contribution in [0.2, 0.25) is 0 Å². The molecule has 2 rings (SSSR count). The molecule has 1 amide bonds. The van der Waals surface area contributed by atoms with Crippen LogP contribution in [-0.2, 0) is 0 Å². The number of carbonyl (C=O) groups is 1. The Bertz CT molecular complexity index is 555. The molecule has 1 aromatic carbocycles. The van der Waals surface area contributed by atoms with Crippen LogP contribution in [0.3, 0.4) is 0 Å². The largest absolute Gasteiger partial charge is 0.497 e. The molecule has 0 unspecified atom stereocenters. The average Bonchev–Trinajstić information content (AvgIpc) is 2.54. The van der Waals surface area contributed by atoms with E-state index >= 15 is 0 Å². The van der Waals surface area contributed by atoms with E-state index in [9.17, 15) is 10.1 Å². The lowest BCUT2D eigenvalue weighted by Gasteiger charge is -2.40. The van der Waals surface area contributed by atoms with Crippen LogP contribution in [-0.4, -0.2) is 54.5 Å². The van der Waals surface area contributed by atoms with E-state index in [1.807, 2.05) is 30.9 Å². The number of nitriles is 1. The Morgan fingerprint density at radius 1 is 1.29 bits per heavy atom. The third kappa shape index (κ3) is 3.34. The van der Waals surface area contributed by atoms with E-state index in [4.69, 9.17) is 4.74 Å². The van der Waals surface area contributed by atoms with E-state index in [1.54, 1.807) is 19.2 Å². The first-order valence-electron chi connectivity index (χ1n) is 7.07. The van der Waals surface area contributed by atoms with Crippen molar-refractivity contribution in [3.05, 3.63) is 29.8 Å². The maximum Gasteiger partial charge on any atom is 0.254 e. The molecule has 5 heteroatoms. The van der Waals surface area contributed by atoms with Crippen LogP contribution in [0.15, 0.2) is 24.3 Å². The topological polar surface area (TPSA) is 56.6 Å². The van der Waals surface area contributed by atoms with Gasteiger partial charge in [0, 0.05) is 31.7 Å². The Balaban J connectivity index is 2.02. The normalized spacial score (nSPS) is 16.4. The van der Waals surface area contributed by atoms with Crippen molar-refractivity contribution >= 4 is 5.91 Å². The predicted molar refractivity (Wildman–Crippen MR) is 80.2 cm³/mol. The van der Waals surface area contributed by atoms with Crippen LogP contribution >= 0.6 is 0 Å². The van der Waals surface area contributed by atoms with E-state index in [-0.39, 0.29) is 5.91 Å². The Hall–Kier alpha value is -2.06. The van der Waals surface area contributed by atoms with Crippen LogP contribution in [0.4, 0.5) is 0 Å². The summed E-state index contributed by atoms with van der Waals surface area (Å²) in [5, 5.41) is 9.17. The molecular formula is C16H21N3O2. The molecule has 0 radical (unpaired) electrons. The molecule has 112 valence electrons. The third-order valence-corrected chi connectivity index (χ3v) is 3.95. The van der Waals surface area contributed by atoms with Crippen molar-refractivity contribution in [2.24, 2.45) is 0 Å². The third-order valence-electron chi connectivity index (χ3n) is 3.95. The molecule has 0 atom stereocenters.